The second kappa shape index (κ2) is 6.13. The van der Waals surface area contributed by atoms with Crippen LogP contribution >= 0.6 is 0 Å². The molecule has 0 unspecified atom stereocenters. The minimum absolute atomic E-state index is 0.0103. The van der Waals surface area contributed by atoms with E-state index in [-0.39, 0.29) is 11.5 Å². The number of benzene rings is 2. The Morgan fingerprint density at radius 2 is 1.90 bits per heavy atom. The number of nitrogens with zero attached hydrogens (tertiary/aromatic N) is 1. The Hall–Kier alpha value is -2.75. The van der Waals surface area contributed by atoms with E-state index in [1.165, 1.54) is 18.2 Å². The van der Waals surface area contributed by atoms with E-state index in [0.29, 0.717) is 11.1 Å². The molecule has 0 aliphatic carbocycles. The highest BCUT2D eigenvalue weighted by Crippen LogP contribution is 2.16. The van der Waals surface area contributed by atoms with Gasteiger partial charge in [0.2, 0.25) is 0 Å². The average molecular weight is 281 g/mol. The third-order valence-electron chi connectivity index (χ3n) is 3.16. The first kappa shape index (κ1) is 14.7. The summed E-state index contributed by atoms with van der Waals surface area (Å²) < 4.78 is 0. The SMILES string of the molecule is Cc1ccc(C(=O)C=Cc2cccc([N+](=O)[O-])c2)c(C)c1. The van der Waals surface area contributed by atoms with Gasteiger partial charge in [0.1, 0.15) is 0 Å². The fourth-order valence-electron chi connectivity index (χ4n) is 2.09. The van der Waals surface area contributed by atoms with Crippen molar-refractivity contribution in [3.05, 3.63) is 80.9 Å². The van der Waals surface area contributed by atoms with E-state index in [1.807, 2.05) is 26.0 Å². The fraction of sp³-hybridized carbons (Fsp3) is 0.118. The first-order chi connectivity index (χ1) is 9.97. The number of carbonyl (C=O) groups excluding carboxylic acids is 1. The molecular formula is C17H15NO3. The van der Waals surface area contributed by atoms with Crippen molar-refractivity contribution in [2.24, 2.45) is 0 Å². The maximum absolute atomic E-state index is 12.1. The van der Waals surface area contributed by atoms with Crippen LogP contribution in [-0.4, -0.2) is 10.7 Å². The lowest BCUT2D eigenvalue weighted by molar-refractivity contribution is -0.384. The van der Waals surface area contributed by atoms with Crippen LogP contribution in [0.4, 0.5) is 5.69 Å². The molecule has 0 bridgehead atoms. The number of carbonyl (C=O) groups is 1. The van der Waals surface area contributed by atoms with Crippen molar-refractivity contribution in [3.8, 4) is 0 Å². The zero-order valence-electron chi connectivity index (χ0n) is 11.9. The van der Waals surface area contributed by atoms with Crippen molar-refractivity contribution in [2.45, 2.75) is 13.8 Å². The fourth-order valence-corrected chi connectivity index (χ4v) is 2.09. The molecule has 0 atom stereocenters. The Morgan fingerprint density at radius 3 is 2.57 bits per heavy atom. The van der Waals surface area contributed by atoms with Crippen molar-refractivity contribution in [2.75, 3.05) is 0 Å². The maximum atomic E-state index is 12.1. The summed E-state index contributed by atoms with van der Waals surface area (Å²) in [5.74, 6) is -0.112. The van der Waals surface area contributed by atoms with Crippen molar-refractivity contribution in [1.82, 2.24) is 0 Å². The molecule has 21 heavy (non-hydrogen) atoms. The van der Waals surface area contributed by atoms with E-state index in [9.17, 15) is 14.9 Å². The normalized spacial score (nSPS) is 10.8. The molecule has 4 heteroatoms. The van der Waals surface area contributed by atoms with Crippen LogP contribution in [-0.2, 0) is 0 Å². The Morgan fingerprint density at radius 1 is 1.14 bits per heavy atom. The van der Waals surface area contributed by atoms with Crippen molar-refractivity contribution in [3.63, 3.8) is 0 Å². The molecule has 106 valence electrons. The molecule has 0 saturated heterocycles. The number of ketones is 1. The summed E-state index contributed by atoms with van der Waals surface area (Å²) in [5, 5.41) is 10.7. The molecule has 0 spiro atoms. The van der Waals surface area contributed by atoms with Crippen LogP contribution in [0, 0.1) is 24.0 Å². The standard InChI is InChI=1S/C17H15NO3/c1-12-6-8-16(13(2)10-12)17(19)9-7-14-4-3-5-15(11-14)18(20)21/h3-11H,1-2H3. The van der Waals surface area contributed by atoms with Gasteiger partial charge in [0.25, 0.3) is 5.69 Å². The lowest BCUT2D eigenvalue weighted by atomic mass is 10.0. The van der Waals surface area contributed by atoms with Gasteiger partial charge in [-0.15, -0.1) is 0 Å². The van der Waals surface area contributed by atoms with Crippen LogP contribution in [0.3, 0.4) is 0 Å². The number of allylic oxidation sites excluding steroid dienone is 1. The Labute approximate surface area is 122 Å². The number of non-ortho nitro benzene ring substituents is 1. The van der Waals surface area contributed by atoms with Gasteiger partial charge in [0.15, 0.2) is 5.78 Å². The van der Waals surface area contributed by atoms with Crippen LogP contribution < -0.4 is 0 Å². The Balaban J connectivity index is 2.22. The van der Waals surface area contributed by atoms with Crippen molar-refractivity contribution >= 4 is 17.5 Å². The number of aryl methyl sites for hydroxylation is 2. The summed E-state index contributed by atoms with van der Waals surface area (Å²) in [4.78, 5) is 22.4. The lowest BCUT2D eigenvalue weighted by Crippen LogP contribution is -1.98. The number of hydrogen-bond acceptors (Lipinski definition) is 3. The minimum Gasteiger partial charge on any atom is -0.289 e. The van der Waals surface area contributed by atoms with E-state index in [4.69, 9.17) is 0 Å². The summed E-state index contributed by atoms with van der Waals surface area (Å²) in [6.45, 7) is 3.86. The average Bonchev–Trinajstić information content (AvgIpc) is 2.45. The molecule has 0 radical (unpaired) electrons. The zero-order valence-corrected chi connectivity index (χ0v) is 11.9. The molecule has 0 amide bonds. The van der Waals surface area contributed by atoms with Gasteiger partial charge in [0, 0.05) is 17.7 Å². The second-order valence-electron chi connectivity index (χ2n) is 4.87. The highest BCUT2D eigenvalue weighted by atomic mass is 16.6. The molecule has 0 aliphatic rings. The quantitative estimate of drug-likeness (QED) is 0.367. The second-order valence-corrected chi connectivity index (χ2v) is 4.87. The molecule has 2 rings (SSSR count). The summed E-state index contributed by atoms with van der Waals surface area (Å²) in [6.07, 6.45) is 3.03. The third kappa shape index (κ3) is 3.63. The molecule has 2 aromatic carbocycles. The highest BCUT2D eigenvalue weighted by Gasteiger charge is 2.07. The van der Waals surface area contributed by atoms with Gasteiger partial charge in [-0.05, 0) is 31.1 Å². The van der Waals surface area contributed by atoms with Gasteiger partial charge in [-0.2, -0.15) is 0 Å². The molecule has 4 nitrogen and oxygen atoms in total. The van der Waals surface area contributed by atoms with Gasteiger partial charge < -0.3 is 0 Å². The molecule has 0 aromatic heterocycles. The van der Waals surface area contributed by atoms with E-state index < -0.39 is 4.92 Å². The van der Waals surface area contributed by atoms with Crippen LogP contribution in [0.25, 0.3) is 6.08 Å². The van der Waals surface area contributed by atoms with E-state index in [1.54, 1.807) is 24.3 Å². The highest BCUT2D eigenvalue weighted by molar-refractivity contribution is 6.07. The van der Waals surface area contributed by atoms with Gasteiger partial charge in [-0.25, -0.2) is 0 Å². The first-order valence-electron chi connectivity index (χ1n) is 6.51. The summed E-state index contributed by atoms with van der Waals surface area (Å²) in [7, 11) is 0. The van der Waals surface area contributed by atoms with E-state index in [2.05, 4.69) is 0 Å². The van der Waals surface area contributed by atoms with Crippen LogP contribution in [0.15, 0.2) is 48.5 Å². The summed E-state index contributed by atoms with van der Waals surface area (Å²) in [5.41, 5.74) is 3.30. The largest absolute Gasteiger partial charge is 0.289 e. The number of nitro groups is 1. The molecule has 0 fully saturated rings. The topological polar surface area (TPSA) is 60.2 Å². The predicted octanol–water partition coefficient (Wildman–Crippen LogP) is 4.11. The zero-order chi connectivity index (χ0) is 15.4. The number of rotatable bonds is 4. The molecule has 0 heterocycles. The van der Waals surface area contributed by atoms with Gasteiger partial charge in [-0.3, -0.25) is 14.9 Å². The third-order valence-corrected chi connectivity index (χ3v) is 3.16. The van der Waals surface area contributed by atoms with Crippen LogP contribution in [0.2, 0.25) is 0 Å². The smallest absolute Gasteiger partial charge is 0.270 e. The summed E-state index contributed by atoms with van der Waals surface area (Å²) >= 11 is 0. The molecule has 0 aliphatic heterocycles. The molecule has 2 aromatic rings. The van der Waals surface area contributed by atoms with Gasteiger partial charge >= 0.3 is 0 Å². The lowest BCUT2D eigenvalue weighted by Gasteiger charge is -2.02. The van der Waals surface area contributed by atoms with Crippen LogP contribution in [0.1, 0.15) is 27.0 Å². The van der Waals surface area contributed by atoms with Crippen molar-refractivity contribution < 1.29 is 9.72 Å². The van der Waals surface area contributed by atoms with E-state index >= 15 is 0 Å². The monoisotopic (exact) mass is 281 g/mol. The molecule has 0 N–H and O–H groups in total. The molecular weight excluding hydrogens is 266 g/mol. The van der Waals surface area contributed by atoms with Gasteiger partial charge in [0.05, 0.1) is 4.92 Å². The first-order valence-corrected chi connectivity index (χ1v) is 6.51. The van der Waals surface area contributed by atoms with Gasteiger partial charge in [-0.1, -0.05) is 42.0 Å². The summed E-state index contributed by atoms with van der Waals surface area (Å²) in [6, 6.07) is 11.8. The van der Waals surface area contributed by atoms with E-state index in [0.717, 1.165) is 11.1 Å². The number of hydrogen-bond donors (Lipinski definition) is 0. The Kier molecular flexibility index (Phi) is 4.28. The number of nitro benzene ring substituents is 1. The maximum Gasteiger partial charge on any atom is 0.270 e. The Bertz CT molecular complexity index is 733. The molecule has 0 saturated carbocycles. The predicted molar refractivity (Wildman–Crippen MR) is 82.4 cm³/mol. The van der Waals surface area contributed by atoms with Crippen molar-refractivity contribution in [1.29, 1.82) is 0 Å². The minimum atomic E-state index is -0.455. The van der Waals surface area contributed by atoms with Crippen LogP contribution in [0.5, 0.6) is 0 Å².